The molecule has 0 bridgehead atoms. The van der Waals surface area contributed by atoms with Crippen LogP contribution < -0.4 is 0 Å². The summed E-state index contributed by atoms with van der Waals surface area (Å²) in [6, 6.07) is 50.3. The van der Waals surface area contributed by atoms with Crippen LogP contribution in [0.25, 0.3) is 49.8 Å². The first-order valence-corrected chi connectivity index (χ1v) is 16.0. The van der Waals surface area contributed by atoms with Crippen molar-refractivity contribution in [1.82, 2.24) is 24.1 Å². The van der Waals surface area contributed by atoms with Crippen molar-refractivity contribution in [2.24, 2.45) is 0 Å². The van der Waals surface area contributed by atoms with Crippen molar-refractivity contribution in [2.75, 3.05) is 0 Å². The van der Waals surface area contributed by atoms with Gasteiger partial charge >= 0.3 is 0 Å². The number of imidazole rings is 1. The van der Waals surface area contributed by atoms with Gasteiger partial charge in [-0.15, -0.1) is 29.8 Å². The third-order valence-corrected chi connectivity index (χ3v) is 8.22. The van der Waals surface area contributed by atoms with Gasteiger partial charge < -0.3 is 4.57 Å². The summed E-state index contributed by atoms with van der Waals surface area (Å²) in [5, 5.41) is 13.7. The van der Waals surface area contributed by atoms with E-state index in [2.05, 4.69) is 109 Å². The van der Waals surface area contributed by atoms with Gasteiger partial charge in [0.25, 0.3) is 0 Å². The molecule has 0 fully saturated rings. The van der Waals surface area contributed by atoms with Crippen LogP contribution in [0, 0.1) is 37.0 Å². The van der Waals surface area contributed by atoms with Crippen LogP contribution in [-0.2, 0) is 26.5 Å². The van der Waals surface area contributed by atoms with E-state index in [9.17, 15) is 5.26 Å². The molecule has 3 heterocycles. The molecule has 0 aliphatic rings. The fraction of sp³-hybridized carbons (Fsp3) is 0.0465. The monoisotopic (exact) mass is 836 g/mol. The van der Waals surface area contributed by atoms with Gasteiger partial charge in [-0.3, -0.25) is 9.83 Å². The minimum Gasteiger partial charge on any atom is -0.302 e. The van der Waals surface area contributed by atoms with Gasteiger partial charge in [0.15, 0.2) is 0 Å². The number of nitriles is 1. The molecule has 0 N–H and O–H groups in total. The van der Waals surface area contributed by atoms with Gasteiger partial charge in [-0.1, -0.05) is 90.5 Å². The van der Waals surface area contributed by atoms with Gasteiger partial charge in [0.2, 0.25) is 0 Å². The summed E-state index contributed by atoms with van der Waals surface area (Å²) in [5.41, 5.74) is 10.4. The van der Waals surface area contributed by atoms with E-state index in [0.29, 0.717) is 23.5 Å². The molecule has 0 aliphatic carbocycles. The van der Waals surface area contributed by atoms with Crippen LogP contribution in [0.4, 0.5) is 5.69 Å². The molecule has 8 rings (SSSR count). The number of para-hydroxylation sites is 1. The Balaban J connectivity index is 0.000000200. The topological polar surface area (TPSA) is 76.2 Å². The largest absolute Gasteiger partial charge is 0.302 e. The Kier molecular flexibility index (Phi) is 10.7. The molecule has 0 aliphatic heterocycles. The fourth-order valence-electron chi connectivity index (χ4n) is 5.84. The van der Waals surface area contributed by atoms with E-state index in [1.165, 1.54) is 0 Å². The molecule has 0 saturated carbocycles. The maximum atomic E-state index is 9.26. The SMILES string of the molecule is N#Cc1cc[c-]c(Cc2nccn2-c2c(-c3ccccc3)cccc2-c2ccccc2)c1.[C-]#[N+]c1cc[c-]c(-c2nc3c(C)cccn3n2)c1.[Ir]. The van der Waals surface area contributed by atoms with Crippen molar-refractivity contribution in [3.05, 3.63) is 192 Å². The summed E-state index contributed by atoms with van der Waals surface area (Å²) in [4.78, 5) is 12.5. The van der Waals surface area contributed by atoms with Crippen LogP contribution in [-0.4, -0.2) is 24.1 Å². The number of nitrogens with zero attached hydrogens (tertiary/aromatic N) is 7. The number of hydrogen-bond acceptors (Lipinski definition) is 4. The van der Waals surface area contributed by atoms with Crippen molar-refractivity contribution >= 4 is 11.3 Å². The molecule has 5 aromatic carbocycles. The molecule has 0 spiro atoms. The number of pyridine rings is 1. The van der Waals surface area contributed by atoms with E-state index in [-0.39, 0.29) is 20.1 Å². The number of hydrogen-bond donors (Lipinski definition) is 0. The molecule has 8 aromatic rings. The molecule has 8 heteroatoms. The molecule has 3 aromatic heterocycles. The van der Waals surface area contributed by atoms with Crippen LogP contribution in [0.15, 0.2) is 146 Å². The van der Waals surface area contributed by atoms with Gasteiger partial charge in [0, 0.05) is 56.2 Å². The van der Waals surface area contributed by atoms with Gasteiger partial charge in [0.1, 0.15) is 17.2 Å². The summed E-state index contributed by atoms with van der Waals surface area (Å²) in [6.07, 6.45) is 6.29. The molecule has 0 saturated heterocycles. The predicted octanol–water partition coefficient (Wildman–Crippen LogP) is 9.52. The Hall–Kier alpha value is -6.44. The fourth-order valence-corrected chi connectivity index (χ4v) is 5.84. The Morgan fingerprint density at radius 2 is 1.51 bits per heavy atom. The number of fused-ring (bicyclic) bond motifs is 1. The summed E-state index contributed by atoms with van der Waals surface area (Å²) >= 11 is 0. The minimum absolute atomic E-state index is 0. The molecule has 0 atom stereocenters. The number of benzene rings is 5. The van der Waals surface area contributed by atoms with E-state index in [1.807, 2.05) is 55.8 Å². The maximum absolute atomic E-state index is 9.26. The standard InChI is InChI=1S/C29H20N3.C14H9N4.Ir/c30-21-23-10-7-9-22(19-23)20-28-31-17-18-32(28)29-26(24-11-3-1-4-12-24)15-8-16-27(29)25-13-5-2-6-14-25;1-10-5-4-8-18-14(10)16-13(17-18)11-6-3-7-12(9-11)15-2;/h1-8,10-19H,20H2;3-5,7-9H,1H3;/q2*-1;. The van der Waals surface area contributed by atoms with Gasteiger partial charge in [-0.2, -0.15) is 40.2 Å². The number of rotatable bonds is 6. The average Bonchev–Trinajstić information content (AvgIpc) is 3.84. The van der Waals surface area contributed by atoms with Crippen molar-refractivity contribution in [1.29, 1.82) is 5.26 Å². The minimum atomic E-state index is 0. The third kappa shape index (κ3) is 7.59. The second kappa shape index (κ2) is 15.8. The molecule has 0 amide bonds. The van der Waals surface area contributed by atoms with Crippen LogP contribution in [0.5, 0.6) is 0 Å². The van der Waals surface area contributed by atoms with Crippen molar-refractivity contribution < 1.29 is 20.1 Å². The van der Waals surface area contributed by atoms with Crippen LogP contribution in [0.2, 0.25) is 0 Å². The van der Waals surface area contributed by atoms with Crippen LogP contribution >= 0.6 is 0 Å². The van der Waals surface area contributed by atoms with Crippen molar-refractivity contribution in [3.8, 4) is 45.4 Å². The van der Waals surface area contributed by atoms with Gasteiger partial charge in [-0.05, 0) is 29.7 Å². The third-order valence-electron chi connectivity index (χ3n) is 8.22. The van der Waals surface area contributed by atoms with E-state index >= 15 is 0 Å². The first kappa shape index (κ1) is 34.4. The molecular weight excluding hydrogens is 807 g/mol. The molecule has 0 unspecified atom stereocenters. The Morgan fingerprint density at radius 1 is 0.804 bits per heavy atom. The second-order valence-electron chi connectivity index (χ2n) is 11.5. The van der Waals surface area contributed by atoms with Crippen molar-refractivity contribution in [2.45, 2.75) is 13.3 Å². The number of aryl methyl sites for hydroxylation is 1. The molecule has 247 valence electrons. The molecule has 1 radical (unpaired) electrons. The zero-order chi connectivity index (χ0) is 34.3. The molecule has 51 heavy (non-hydrogen) atoms. The van der Waals surface area contributed by atoms with E-state index in [0.717, 1.165) is 56.1 Å². The summed E-state index contributed by atoms with van der Waals surface area (Å²) in [6.45, 7) is 9.00. The molecule has 7 nitrogen and oxygen atoms in total. The van der Waals surface area contributed by atoms with E-state index in [1.54, 1.807) is 34.8 Å². The smallest absolute Gasteiger partial charge is 0.148 e. The zero-order valence-electron chi connectivity index (χ0n) is 27.5. The molecular formula is C43H29IrN7-2. The number of aromatic nitrogens is 5. The Bertz CT molecular complexity index is 2450. The quantitative estimate of drug-likeness (QED) is 0.157. The second-order valence-corrected chi connectivity index (χ2v) is 11.5. The van der Waals surface area contributed by atoms with E-state index < -0.39 is 0 Å². The summed E-state index contributed by atoms with van der Waals surface area (Å²) in [7, 11) is 0. The Labute approximate surface area is 310 Å². The van der Waals surface area contributed by atoms with Crippen LogP contribution in [0.3, 0.4) is 0 Å². The first-order chi connectivity index (χ1) is 24.6. The maximum Gasteiger partial charge on any atom is 0.148 e. The first-order valence-electron chi connectivity index (χ1n) is 16.0. The average molecular weight is 836 g/mol. The summed E-state index contributed by atoms with van der Waals surface area (Å²) < 4.78 is 3.90. The van der Waals surface area contributed by atoms with Gasteiger partial charge in [0.05, 0.1) is 24.2 Å². The van der Waals surface area contributed by atoms with E-state index in [4.69, 9.17) is 6.57 Å². The normalized spacial score (nSPS) is 10.3. The Morgan fingerprint density at radius 3 is 2.18 bits per heavy atom. The summed E-state index contributed by atoms with van der Waals surface area (Å²) in [5.74, 6) is 1.49. The zero-order valence-corrected chi connectivity index (χ0v) is 29.9. The van der Waals surface area contributed by atoms with Gasteiger partial charge in [-0.25, -0.2) is 9.50 Å². The van der Waals surface area contributed by atoms with Crippen molar-refractivity contribution in [3.63, 3.8) is 0 Å². The predicted molar refractivity (Wildman–Crippen MR) is 195 cm³/mol. The van der Waals surface area contributed by atoms with Crippen LogP contribution in [0.1, 0.15) is 22.5 Å².